The first-order chi connectivity index (χ1) is 14.2. The Labute approximate surface area is 189 Å². The van der Waals surface area contributed by atoms with Crippen LogP contribution in [-0.2, 0) is 0 Å². The zero-order chi connectivity index (χ0) is 20.1. The minimum atomic E-state index is 0. The third kappa shape index (κ3) is 5.66. The number of aromatic nitrogens is 2. The van der Waals surface area contributed by atoms with E-state index in [1.54, 1.807) is 18.9 Å². The Bertz CT molecular complexity index is 1110. The van der Waals surface area contributed by atoms with E-state index in [2.05, 4.69) is 15.3 Å². The predicted molar refractivity (Wildman–Crippen MR) is 125 cm³/mol. The zero-order valence-electron chi connectivity index (χ0n) is 16.4. The molecule has 0 aliphatic rings. The molecule has 154 valence electrons. The van der Waals surface area contributed by atoms with Crippen molar-refractivity contribution < 1.29 is 9.47 Å². The number of halogens is 1. The molecule has 0 aliphatic carbocycles. The van der Waals surface area contributed by atoms with Gasteiger partial charge in [0, 0.05) is 27.4 Å². The quantitative estimate of drug-likeness (QED) is 0.323. The van der Waals surface area contributed by atoms with Gasteiger partial charge in [-0.3, -0.25) is 0 Å². The number of rotatable bonds is 7. The highest BCUT2D eigenvalue weighted by atomic mass is 35.5. The summed E-state index contributed by atoms with van der Waals surface area (Å²) >= 11 is 3.13. The van der Waals surface area contributed by atoms with Crippen molar-refractivity contribution in [3.63, 3.8) is 0 Å². The van der Waals surface area contributed by atoms with Crippen LogP contribution in [0.15, 0.2) is 82.0 Å². The monoisotopic (exact) mass is 457 g/mol. The van der Waals surface area contributed by atoms with Gasteiger partial charge in [-0.2, -0.15) is 0 Å². The van der Waals surface area contributed by atoms with Crippen molar-refractivity contribution in [2.45, 2.75) is 16.7 Å². The lowest BCUT2D eigenvalue weighted by Gasteiger charge is -2.12. The number of aryl methyl sites for hydroxylation is 1. The largest absolute Gasteiger partial charge is 0.497 e. The number of para-hydroxylation sites is 1. The molecule has 5 nitrogen and oxygen atoms in total. The van der Waals surface area contributed by atoms with Gasteiger partial charge in [-0.25, -0.2) is 9.97 Å². The van der Waals surface area contributed by atoms with E-state index in [9.17, 15) is 0 Å². The lowest BCUT2D eigenvalue weighted by molar-refractivity contribution is 0.413. The minimum absolute atomic E-state index is 0. The van der Waals surface area contributed by atoms with Crippen LogP contribution in [0, 0.1) is 6.92 Å². The average molecular weight is 458 g/mol. The smallest absolute Gasteiger partial charge is 0.188 e. The van der Waals surface area contributed by atoms with Gasteiger partial charge < -0.3 is 14.8 Å². The first-order valence-electron chi connectivity index (χ1n) is 8.93. The van der Waals surface area contributed by atoms with Gasteiger partial charge in [-0.15, -0.1) is 23.7 Å². The maximum Gasteiger partial charge on any atom is 0.188 e. The molecule has 0 atom stereocenters. The second-order valence-electron chi connectivity index (χ2n) is 6.13. The molecule has 4 rings (SSSR count). The summed E-state index contributed by atoms with van der Waals surface area (Å²) in [7, 11) is 1.66. The molecular weight excluding hydrogens is 438 g/mol. The number of anilines is 2. The fourth-order valence-electron chi connectivity index (χ4n) is 2.58. The van der Waals surface area contributed by atoms with Gasteiger partial charge in [0.15, 0.2) is 16.7 Å². The zero-order valence-corrected chi connectivity index (χ0v) is 18.8. The molecule has 0 fully saturated rings. The Kier molecular flexibility index (Phi) is 7.57. The highest BCUT2D eigenvalue weighted by Gasteiger charge is 2.12. The van der Waals surface area contributed by atoms with Crippen LogP contribution in [0.3, 0.4) is 0 Å². The van der Waals surface area contributed by atoms with E-state index in [-0.39, 0.29) is 12.4 Å². The van der Waals surface area contributed by atoms with Gasteiger partial charge in [-0.1, -0.05) is 36.0 Å². The van der Waals surface area contributed by atoms with E-state index in [1.807, 2.05) is 79.2 Å². The van der Waals surface area contributed by atoms with Crippen LogP contribution in [0.1, 0.15) is 5.69 Å². The molecule has 0 spiro atoms. The molecule has 0 unspecified atom stereocenters. The van der Waals surface area contributed by atoms with Crippen LogP contribution >= 0.6 is 35.5 Å². The number of thiazole rings is 1. The van der Waals surface area contributed by atoms with Crippen LogP contribution in [-0.4, -0.2) is 17.1 Å². The van der Waals surface area contributed by atoms with Crippen molar-refractivity contribution in [1.82, 2.24) is 9.97 Å². The van der Waals surface area contributed by atoms with Crippen LogP contribution in [0.2, 0.25) is 0 Å². The number of methoxy groups -OCH3 is 1. The summed E-state index contributed by atoms with van der Waals surface area (Å²) < 4.78 is 11.4. The predicted octanol–water partition coefficient (Wildman–Crippen LogP) is 6.96. The van der Waals surface area contributed by atoms with Gasteiger partial charge in [0.05, 0.1) is 12.8 Å². The van der Waals surface area contributed by atoms with Crippen LogP contribution in [0.25, 0.3) is 0 Å². The molecule has 4 aromatic rings. The maximum absolute atomic E-state index is 6.13. The molecule has 2 heterocycles. The molecule has 0 saturated carbocycles. The molecule has 2 aromatic heterocycles. The topological polar surface area (TPSA) is 56.3 Å². The Morgan fingerprint density at radius 3 is 2.50 bits per heavy atom. The summed E-state index contributed by atoms with van der Waals surface area (Å²) in [6.07, 6.45) is 1.82. The Morgan fingerprint density at radius 2 is 1.77 bits per heavy atom. The van der Waals surface area contributed by atoms with Crippen molar-refractivity contribution in [1.29, 1.82) is 0 Å². The Balaban J connectivity index is 0.00000256. The Morgan fingerprint density at radius 1 is 0.967 bits per heavy atom. The standard InChI is InChI=1S/C22H19N3O2S2.ClH/c1-15-14-28-22(24-15)25-21-20(27-16-7-4-3-5-8-16)12-19(13-23-21)29-18-10-6-9-17(11-18)26-2;/h3-14H,1-2H3,(H,23,24,25);1H. The van der Waals surface area contributed by atoms with Crippen molar-refractivity contribution in [2.75, 3.05) is 12.4 Å². The maximum atomic E-state index is 6.13. The molecular formula is C22H20ClN3O2S2. The van der Waals surface area contributed by atoms with Crippen molar-refractivity contribution in [2.24, 2.45) is 0 Å². The third-order valence-electron chi connectivity index (χ3n) is 3.92. The lowest BCUT2D eigenvalue weighted by atomic mass is 10.3. The normalized spacial score (nSPS) is 10.2. The number of benzene rings is 2. The van der Waals surface area contributed by atoms with E-state index in [4.69, 9.17) is 9.47 Å². The van der Waals surface area contributed by atoms with Gasteiger partial charge >= 0.3 is 0 Å². The number of nitrogens with one attached hydrogen (secondary N) is 1. The van der Waals surface area contributed by atoms with E-state index < -0.39 is 0 Å². The molecule has 1 N–H and O–H groups in total. The van der Waals surface area contributed by atoms with Crippen molar-refractivity contribution in [3.05, 3.63) is 77.9 Å². The van der Waals surface area contributed by atoms with E-state index >= 15 is 0 Å². The van der Waals surface area contributed by atoms with Crippen molar-refractivity contribution in [3.8, 4) is 17.2 Å². The summed E-state index contributed by atoms with van der Waals surface area (Å²) in [5.74, 6) is 2.83. The average Bonchev–Trinajstić information content (AvgIpc) is 3.15. The van der Waals surface area contributed by atoms with E-state index in [1.165, 1.54) is 11.3 Å². The third-order valence-corrected chi connectivity index (χ3v) is 5.74. The van der Waals surface area contributed by atoms with Crippen molar-refractivity contribution >= 4 is 46.5 Å². The van der Waals surface area contributed by atoms with E-state index in [0.29, 0.717) is 11.6 Å². The highest BCUT2D eigenvalue weighted by molar-refractivity contribution is 7.99. The summed E-state index contributed by atoms with van der Waals surface area (Å²) in [4.78, 5) is 11.1. The molecule has 2 aromatic carbocycles. The molecule has 0 aliphatic heterocycles. The van der Waals surface area contributed by atoms with E-state index in [0.717, 1.165) is 32.1 Å². The molecule has 0 radical (unpaired) electrons. The first kappa shape index (κ1) is 22.0. The minimum Gasteiger partial charge on any atom is -0.497 e. The Hall–Kier alpha value is -2.74. The number of hydrogen-bond donors (Lipinski definition) is 1. The fraction of sp³-hybridized carbons (Fsp3) is 0.0909. The van der Waals surface area contributed by atoms with Gasteiger partial charge in [0.2, 0.25) is 0 Å². The first-order valence-corrected chi connectivity index (χ1v) is 10.6. The van der Waals surface area contributed by atoms with Gasteiger partial charge in [0.25, 0.3) is 0 Å². The van der Waals surface area contributed by atoms with Crippen LogP contribution < -0.4 is 14.8 Å². The number of hydrogen-bond acceptors (Lipinski definition) is 7. The number of pyridine rings is 1. The fourth-order valence-corrected chi connectivity index (χ4v) is 4.14. The van der Waals surface area contributed by atoms with Crippen LogP contribution in [0.4, 0.5) is 10.9 Å². The molecule has 30 heavy (non-hydrogen) atoms. The summed E-state index contributed by atoms with van der Waals surface area (Å²) in [5, 5.41) is 6.04. The molecule has 0 bridgehead atoms. The summed E-state index contributed by atoms with van der Waals surface area (Å²) in [6, 6.07) is 19.6. The van der Waals surface area contributed by atoms with Gasteiger partial charge in [0.1, 0.15) is 11.5 Å². The second kappa shape index (κ2) is 10.3. The van der Waals surface area contributed by atoms with Gasteiger partial charge in [-0.05, 0) is 37.3 Å². The SMILES string of the molecule is COc1cccc(Sc2cnc(Nc3nc(C)cs3)c(Oc3ccccc3)c2)c1.Cl. The highest BCUT2D eigenvalue weighted by Crippen LogP contribution is 2.37. The lowest BCUT2D eigenvalue weighted by Crippen LogP contribution is -1.97. The second-order valence-corrected chi connectivity index (χ2v) is 8.14. The number of ether oxygens (including phenoxy) is 2. The number of nitrogens with zero attached hydrogens (tertiary/aromatic N) is 2. The molecule has 8 heteroatoms. The molecule has 0 saturated heterocycles. The van der Waals surface area contributed by atoms with Crippen LogP contribution in [0.5, 0.6) is 17.2 Å². The summed E-state index contributed by atoms with van der Waals surface area (Å²) in [6.45, 7) is 1.96. The molecule has 0 amide bonds. The summed E-state index contributed by atoms with van der Waals surface area (Å²) in [5.41, 5.74) is 0.966.